The van der Waals surface area contributed by atoms with Crippen LogP contribution in [-0.2, 0) is 14.3 Å². The zero-order valence-corrected chi connectivity index (χ0v) is 11.4. The second-order valence-corrected chi connectivity index (χ2v) is 6.00. The lowest BCUT2D eigenvalue weighted by Crippen LogP contribution is -2.64. The van der Waals surface area contributed by atoms with Crippen molar-refractivity contribution in [1.82, 2.24) is 10.2 Å². The van der Waals surface area contributed by atoms with E-state index in [0.717, 1.165) is 38.5 Å². The zero-order valence-electron chi connectivity index (χ0n) is 11.4. The summed E-state index contributed by atoms with van der Waals surface area (Å²) in [5.41, 5.74) is 0. The van der Waals surface area contributed by atoms with E-state index in [1.807, 2.05) is 6.92 Å². The highest BCUT2D eigenvalue weighted by Crippen LogP contribution is 2.28. The smallest absolute Gasteiger partial charge is 0.252 e. The van der Waals surface area contributed by atoms with E-state index in [0.29, 0.717) is 0 Å². The van der Waals surface area contributed by atoms with E-state index in [1.165, 1.54) is 0 Å². The predicted molar refractivity (Wildman–Crippen MR) is 69.5 cm³/mol. The molecule has 0 aromatic rings. The van der Waals surface area contributed by atoms with Gasteiger partial charge in [-0.2, -0.15) is 0 Å². The van der Waals surface area contributed by atoms with Crippen LogP contribution in [0, 0.1) is 0 Å². The molecule has 0 radical (unpaired) electrons. The molecule has 2 aliphatic heterocycles. The van der Waals surface area contributed by atoms with Crippen molar-refractivity contribution in [3.8, 4) is 0 Å². The van der Waals surface area contributed by atoms with Gasteiger partial charge in [0.05, 0.1) is 18.7 Å². The van der Waals surface area contributed by atoms with E-state index in [2.05, 4.69) is 5.32 Å². The van der Waals surface area contributed by atoms with Gasteiger partial charge in [0.2, 0.25) is 5.91 Å². The van der Waals surface area contributed by atoms with Gasteiger partial charge < -0.3 is 15.0 Å². The SMILES string of the molecule is C[C@@H]1CC[C@H](C(=O)N2CC(=O)N[C@@H]3CCCC[C@@H]32)O1. The molecule has 2 amide bonds. The van der Waals surface area contributed by atoms with Gasteiger partial charge in [-0.15, -0.1) is 0 Å². The van der Waals surface area contributed by atoms with Gasteiger partial charge in [0.1, 0.15) is 6.10 Å². The molecule has 106 valence electrons. The van der Waals surface area contributed by atoms with Gasteiger partial charge >= 0.3 is 0 Å². The quantitative estimate of drug-likeness (QED) is 0.764. The lowest BCUT2D eigenvalue weighted by molar-refractivity contribution is -0.152. The number of piperazine rings is 1. The van der Waals surface area contributed by atoms with Crippen LogP contribution in [0.5, 0.6) is 0 Å². The van der Waals surface area contributed by atoms with Crippen molar-refractivity contribution in [3.05, 3.63) is 0 Å². The van der Waals surface area contributed by atoms with Crippen LogP contribution in [0.3, 0.4) is 0 Å². The molecule has 3 aliphatic rings. The summed E-state index contributed by atoms with van der Waals surface area (Å²) in [6, 6.07) is 0.330. The van der Waals surface area contributed by atoms with Gasteiger partial charge in [-0.05, 0) is 32.6 Å². The van der Waals surface area contributed by atoms with E-state index in [4.69, 9.17) is 4.74 Å². The molecule has 2 saturated heterocycles. The van der Waals surface area contributed by atoms with Crippen molar-refractivity contribution in [2.24, 2.45) is 0 Å². The minimum absolute atomic E-state index is 0.0242. The Kier molecular flexibility index (Phi) is 3.48. The maximum atomic E-state index is 12.6. The normalized spacial score (nSPS) is 38.8. The molecular formula is C14H22N2O3. The first-order valence-corrected chi connectivity index (χ1v) is 7.40. The van der Waals surface area contributed by atoms with Gasteiger partial charge in [0, 0.05) is 6.04 Å². The van der Waals surface area contributed by atoms with Crippen molar-refractivity contribution in [2.75, 3.05) is 6.54 Å². The standard InChI is InChI=1S/C14H22N2O3/c1-9-6-7-12(19-9)14(18)16-8-13(17)15-10-4-2-3-5-11(10)16/h9-12H,2-8H2,1H3,(H,15,17)/t9-,10-,11+,12-/m1/s1. The topological polar surface area (TPSA) is 58.6 Å². The van der Waals surface area contributed by atoms with Crippen molar-refractivity contribution >= 4 is 11.8 Å². The molecule has 3 rings (SSSR count). The second kappa shape index (κ2) is 5.12. The molecular weight excluding hydrogens is 244 g/mol. The fourth-order valence-corrected chi connectivity index (χ4v) is 3.59. The molecule has 0 aromatic heterocycles. The van der Waals surface area contributed by atoms with Crippen molar-refractivity contribution < 1.29 is 14.3 Å². The molecule has 5 nitrogen and oxygen atoms in total. The molecule has 1 N–H and O–H groups in total. The van der Waals surface area contributed by atoms with Crippen LogP contribution in [0.2, 0.25) is 0 Å². The molecule has 19 heavy (non-hydrogen) atoms. The molecule has 1 saturated carbocycles. The lowest BCUT2D eigenvalue weighted by Gasteiger charge is -2.44. The lowest BCUT2D eigenvalue weighted by atomic mass is 9.87. The molecule has 0 spiro atoms. The summed E-state index contributed by atoms with van der Waals surface area (Å²) in [5.74, 6) is -0.00125. The maximum absolute atomic E-state index is 12.6. The summed E-state index contributed by atoms with van der Waals surface area (Å²) in [6.45, 7) is 2.20. The molecule has 1 aliphatic carbocycles. The summed E-state index contributed by atoms with van der Waals surface area (Å²) in [7, 11) is 0. The van der Waals surface area contributed by atoms with Crippen LogP contribution >= 0.6 is 0 Å². The third kappa shape index (κ3) is 2.48. The van der Waals surface area contributed by atoms with Crippen molar-refractivity contribution in [2.45, 2.75) is 69.7 Å². The largest absolute Gasteiger partial charge is 0.365 e. The average molecular weight is 266 g/mol. The first-order chi connectivity index (χ1) is 9.15. The van der Waals surface area contributed by atoms with Gasteiger partial charge in [0.15, 0.2) is 0 Å². The third-order valence-electron chi connectivity index (χ3n) is 4.58. The van der Waals surface area contributed by atoms with Gasteiger partial charge in [-0.1, -0.05) is 12.8 Å². The predicted octanol–water partition coefficient (Wildman–Crippen LogP) is 0.823. The Labute approximate surface area is 113 Å². The Morgan fingerprint density at radius 3 is 2.79 bits per heavy atom. The number of fused-ring (bicyclic) bond motifs is 1. The summed E-state index contributed by atoms with van der Waals surface area (Å²) in [4.78, 5) is 26.1. The maximum Gasteiger partial charge on any atom is 0.252 e. The molecule has 2 heterocycles. The van der Waals surface area contributed by atoms with Gasteiger partial charge in [-0.25, -0.2) is 0 Å². The van der Waals surface area contributed by atoms with E-state index >= 15 is 0 Å². The number of carbonyl (C=O) groups excluding carboxylic acids is 2. The fourth-order valence-electron chi connectivity index (χ4n) is 3.59. The zero-order chi connectivity index (χ0) is 13.4. The summed E-state index contributed by atoms with van der Waals surface area (Å²) >= 11 is 0. The Hall–Kier alpha value is -1.10. The number of carbonyl (C=O) groups is 2. The molecule has 0 aromatic carbocycles. The number of amides is 2. The minimum atomic E-state index is -0.330. The summed E-state index contributed by atoms with van der Waals surface area (Å²) < 4.78 is 5.67. The minimum Gasteiger partial charge on any atom is -0.365 e. The van der Waals surface area contributed by atoms with Crippen molar-refractivity contribution in [3.63, 3.8) is 0 Å². The van der Waals surface area contributed by atoms with Crippen LogP contribution in [-0.4, -0.2) is 47.6 Å². The van der Waals surface area contributed by atoms with Crippen LogP contribution < -0.4 is 5.32 Å². The monoisotopic (exact) mass is 266 g/mol. The van der Waals surface area contributed by atoms with Crippen molar-refractivity contribution in [1.29, 1.82) is 0 Å². The summed E-state index contributed by atoms with van der Waals surface area (Å²) in [5, 5.41) is 3.03. The number of hydrogen-bond acceptors (Lipinski definition) is 3. The van der Waals surface area contributed by atoms with Crippen LogP contribution in [0.15, 0.2) is 0 Å². The first-order valence-electron chi connectivity index (χ1n) is 7.40. The van der Waals surface area contributed by atoms with Crippen LogP contribution in [0.25, 0.3) is 0 Å². The van der Waals surface area contributed by atoms with Crippen LogP contribution in [0.4, 0.5) is 0 Å². The highest BCUT2D eigenvalue weighted by Gasteiger charge is 2.42. The van der Waals surface area contributed by atoms with Crippen LogP contribution in [0.1, 0.15) is 45.4 Å². The Morgan fingerprint density at radius 2 is 2.05 bits per heavy atom. The molecule has 4 atom stereocenters. The highest BCUT2D eigenvalue weighted by molar-refractivity contribution is 5.89. The second-order valence-electron chi connectivity index (χ2n) is 6.00. The molecule has 0 bridgehead atoms. The third-order valence-corrected chi connectivity index (χ3v) is 4.58. The van der Waals surface area contributed by atoms with E-state index in [1.54, 1.807) is 4.90 Å². The molecule has 0 unspecified atom stereocenters. The number of hydrogen-bond donors (Lipinski definition) is 1. The Bertz CT molecular complexity index is 385. The average Bonchev–Trinajstić information content (AvgIpc) is 2.83. The van der Waals surface area contributed by atoms with Gasteiger partial charge in [0.25, 0.3) is 5.91 Å². The summed E-state index contributed by atoms with van der Waals surface area (Å²) in [6.07, 6.45) is 5.82. The Morgan fingerprint density at radius 1 is 1.26 bits per heavy atom. The Balaban J connectivity index is 1.73. The molecule has 5 heteroatoms. The highest BCUT2D eigenvalue weighted by atomic mass is 16.5. The first kappa shape index (κ1) is 12.9. The number of nitrogens with one attached hydrogen (secondary N) is 1. The van der Waals surface area contributed by atoms with E-state index in [-0.39, 0.29) is 42.7 Å². The number of rotatable bonds is 1. The van der Waals surface area contributed by atoms with E-state index in [9.17, 15) is 9.59 Å². The van der Waals surface area contributed by atoms with Gasteiger partial charge in [-0.3, -0.25) is 9.59 Å². The molecule has 3 fully saturated rings. The number of ether oxygens (including phenoxy) is 1. The fraction of sp³-hybridized carbons (Fsp3) is 0.857. The van der Waals surface area contributed by atoms with E-state index < -0.39 is 0 Å². The number of nitrogens with zero attached hydrogens (tertiary/aromatic N) is 1.